The number of non-ortho nitro benzene ring substituents is 2. The minimum Gasteiger partial charge on any atom is -0.494 e. The van der Waals surface area contributed by atoms with Gasteiger partial charge in [-0.1, -0.05) is 11.3 Å². The van der Waals surface area contributed by atoms with Gasteiger partial charge in [-0.3, -0.25) is 29.9 Å². The van der Waals surface area contributed by atoms with Crippen molar-refractivity contribution in [1.82, 2.24) is 9.88 Å². The average molecular weight is 496 g/mol. The largest absolute Gasteiger partial charge is 0.494 e. The van der Waals surface area contributed by atoms with E-state index in [1.807, 2.05) is 32.0 Å². The number of carbonyl (C=O) groups is 1. The Labute approximate surface area is 199 Å². The van der Waals surface area contributed by atoms with E-state index in [1.165, 1.54) is 16.2 Å². The Morgan fingerprint density at radius 2 is 1.70 bits per heavy atom. The third kappa shape index (κ3) is 6.12. The molecule has 0 fully saturated rings. The van der Waals surface area contributed by atoms with E-state index in [0.29, 0.717) is 29.5 Å². The van der Waals surface area contributed by atoms with Crippen LogP contribution in [-0.4, -0.2) is 59.4 Å². The van der Waals surface area contributed by atoms with Crippen molar-refractivity contribution in [3.63, 3.8) is 0 Å². The van der Waals surface area contributed by atoms with Gasteiger partial charge in [0.25, 0.3) is 17.3 Å². The molecule has 0 unspecified atom stereocenters. The first-order chi connectivity index (χ1) is 15.2. The quantitative estimate of drug-likeness (QED) is 0.319. The van der Waals surface area contributed by atoms with Crippen molar-refractivity contribution in [3.8, 4) is 5.75 Å². The molecule has 1 heterocycles. The monoisotopic (exact) mass is 495 g/mol. The van der Waals surface area contributed by atoms with Crippen LogP contribution >= 0.6 is 23.7 Å². The molecule has 0 aliphatic rings. The van der Waals surface area contributed by atoms with Crippen molar-refractivity contribution >= 4 is 56.4 Å². The van der Waals surface area contributed by atoms with E-state index < -0.39 is 27.1 Å². The molecule has 33 heavy (non-hydrogen) atoms. The number of anilines is 1. The van der Waals surface area contributed by atoms with Crippen LogP contribution in [0.5, 0.6) is 5.75 Å². The van der Waals surface area contributed by atoms with Gasteiger partial charge in [0.05, 0.1) is 38.3 Å². The Bertz CT molecular complexity index is 1150. The number of ether oxygens (including phenoxy) is 1. The third-order valence-corrected chi connectivity index (χ3v) is 5.52. The summed E-state index contributed by atoms with van der Waals surface area (Å²) in [4.78, 5) is 42.1. The molecule has 0 aliphatic carbocycles. The molecule has 0 spiro atoms. The fourth-order valence-corrected chi connectivity index (χ4v) is 3.95. The molecule has 0 saturated carbocycles. The van der Waals surface area contributed by atoms with Crippen molar-refractivity contribution < 1.29 is 19.4 Å². The van der Waals surface area contributed by atoms with Crippen LogP contribution in [0, 0.1) is 20.2 Å². The van der Waals surface area contributed by atoms with Gasteiger partial charge in [0.15, 0.2) is 5.13 Å². The summed E-state index contributed by atoms with van der Waals surface area (Å²) in [6.45, 7) is 3.11. The molecule has 0 saturated heterocycles. The van der Waals surface area contributed by atoms with Gasteiger partial charge >= 0.3 is 0 Å². The van der Waals surface area contributed by atoms with Crippen LogP contribution in [0.15, 0.2) is 36.4 Å². The molecule has 1 aromatic heterocycles. The Kier molecular flexibility index (Phi) is 8.63. The van der Waals surface area contributed by atoms with Crippen LogP contribution in [0.25, 0.3) is 10.2 Å². The smallest absolute Gasteiger partial charge is 0.277 e. The number of thiazole rings is 1. The van der Waals surface area contributed by atoms with E-state index in [2.05, 4.69) is 4.98 Å². The van der Waals surface area contributed by atoms with Gasteiger partial charge in [-0.25, -0.2) is 4.98 Å². The lowest BCUT2D eigenvalue weighted by atomic mass is 10.1. The number of hydrogen-bond acceptors (Lipinski definition) is 9. The highest BCUT2D eigenvalue weighted by molar-refractivity contribution is 7.22. The first kappa shape index (κ1) is 25.9. The highest BCUT2D eigenvalue weighted by atomic mass is 35.5. The zero-order chi connectivity index (χ0) is 23.4. The molecular weight excluding hydrogens is 474 g/mol. The van der Waals surface area contributed by atoms with E-state index in [4.69, 9.17) is 4.74 Å². The lowest BCUT2D eigenvalue weighted by Gasteiger charge is -2.22. The average Bonchev–Trinajstić information content (AvgIpc) is 3.16. The molecule has 0 radical (unpaired) electrons. The molecule has 176 valence electrons. The Morgan fingerprint density at radius 1 is 1.06 bits per heavy atom. The molecule has 0 bridgehead atoms. The lowest BCUT2D eigenvalue weighted by molar-refractivity contribution is -0.394. The maximum atomic E-state index is 13.4. The van der Waals surface area contributed by atoms with Gasteiger partial charge in [-0.15, -0.1) is 12.4 Å². The second kappa shape index (κ2) is 11.0. The lowest BCUT2D eigenvalue weighted by Crippen LogP contribution is -2.36. The maximum absolute atomic E-state index is 13.4. The fourth-order valence-electron chi connectivity index (χ4n) is 2.93. The van der Waals surface area contributed by atoms with Crippen LogP contribution in [0.1, 0.15) is 17.3 Å². The van der Waals surface area contributed by atoms with E-state index >= 15 is 0 Å². The number of nitro benzene ring substituents is 2. The van der Waals surface area contributed by atoms with E-state index in [-0.39, 0.29) is 24.5 Å². The maximum Gasteiger partial charge on any atom is 0.277 e. The fraction of sp³-hybridized carbons (Fsp3) is 0.300. The highest BCUT2D eigenvalue weighted by Gasteiger charge is 2.26. The number of carbonyl (C=O) groups excluding carboxylic acids is 1. The third-order valence-electron chi connectivity index (χ3n) is 4.48. The predicted octanol–water partition coefficient (Wildman–Crippen LogP) is 4.14. The molecule has 0 N–H and O–H groups in total. The van der Waals surface area contributed by atoms with Crippen LogP contribution < -0.4 is 9.64 Å². The van der Waals surface area contributed by atoms with Gasteiger partial charge in [0.1, 0.15) is 5.75 Å². The Balaban J connectivity index is 0.00000385. The first-order valence-electron chi connectivity index (χ1n) is 9.63. The standard InChI is InChI=1S/C20H21N5O6S.ClH/c1-4-31-16-5-6-17-18(12-16)32-20(21-17)23(8-7-22(2)3)19(26)13-9-14(24(27)28)11-15(10-13)25(29)30;/h5-6,9-12H,4,7-8H2,1-3H3;1H. The van der Waals surface area contributed by atoms with Crippen molar-refractivity contribution in [2.45, 2.75) is 6.92 Å². The number of amides is 1. The van der Waals surface area contributed by atoms with Crippen LogP contribution in [-0.2, 0) is 0 Å². The Hall–Kier alpha value is -3.35. The second-order valence-corrected chi connectivity index (χ2v) is 8.08. The normalized spacial score (nSPS) is 10.7. The molecule has 11 nitrogen and oxygen atoms in total. The van der Waals surface area contributed by atoms with Gasteiger partial charge in [0.2, 0.25) is 0 Å². The number of benzene rings is 2. The Morgan fingerprint density at radius 3 is 2.24 bits per heavy atom. The second-order valence-electron chi connectivity index (χ2n) is 7.07. The predicted molar refractivity (Wildman–Crippen MR) is 128 cm³/mol. The summed E-state index contributed by atoms with van der Waals surface area (Å²) in [7, 11) is 3.68. The summed E-state index contributed by atoms with van der Waals surface area (Å²) >= 11 is 1.27. The number of rotatable bonds is 9. The molecule has 3 aromatic rings. The number of nitrogens with zero attached hydrogens (tertiary/aromatic N) is 5. The number of likely N-dealkylation sites (N-methyl/N-ethyl adjacent to an activating group) is 1. The van der Waals surface area contributed by atoms with Gasteiger partial charge in [-0.05, 0) is 39.2 Å². The van der Waals surface area contributed by atoms with E-state index in [0.717, 1.165) is 22.9 Å². The van der Waals surface area contributed by atoms with E-state index in [1.54, 1.807) is 12.1 Å². The summed E-state index contributed by atoms with van der Waals surface area (Å²) in [6.07, 6.45) is 0. The van der Waals surface area contributed by atoms with Crippen LogP contribution in [0.4, 0.5) is 16.5 Å². The highest BCUT2D eigenvalue weighted by Crippen LogP contribution is 2.33. The number of halogens is 1. The molecule has 0 atom stereocenters. The molecule has 3 rings (SSSR count). The minimum absolute atomic E-state index is 0. The molecule has 2 aromatic carbocycles. The summed E-state index contributed by atoms with van der Waals surface area (Å²) in [5, 5.41) is 22.9. The molecular formula is C20H22ClN5O6S. The number of fused-ring (bicyclic) bond motifs is 1. The number of nitro groups is 2. The SMILES string of the molecule is CCOc1ccc2nc(N(CCN(C)C)C(=O)c3cc([N+](=O)[O-])cc([N+](=O)[O-])c3)sc2c1.Cl. The molecule has 1 amide bonds. The van der Waals surface area contributed by atoms with Crippen LogP contribution in [0.3, 0.4) is 0 Å². The van der Waals surface area contributed by atoms with Gasteiger partial charge in [-0.2, -0.15) is 0 Å². The number of hydrogen-bond donors (Lipinski definition) is 0. The van der Waals surface area contributed by atoms with Crippen molar-refractivity contribution in [2.75, 3.05) is 38.7 Å². The van der Waals surface area contributed by atoms with Gasteiger partial charge < -0.3 is 9.64 Å². The first-order valence-corrected chi connectivity index (χ1v) is 10.4. The topological polar surface area (TPSA) is 132 Å². The van der Waals surface area contributed by atoms with Gasteiger partial charge in [0, 0.05) is 25.2 Å². The zero-order valence-corrected chi connectivity index (χ0v) is 19.7. The molecule has 13 heteroatoms. The molecule has 0 aliphatic heterocycles. The van der Waals surface area contributed by atoms with Crippen molar-refractivity contribution in [1.29, 1.82) is 0 Å². The van der Waals surface area contributed by atoms with Crippen LogP contribution in [0.2, 0.25) is 0 Å². The summed E-state index contributed by atoms with van der Waals surface area (Å²) in [6, 6.07) is 8.30. The number of aromatic nitrogens is 1. The summed E-state index contributed by atoms with van der Waals surface area (Å²) < 4.78 is 6.32. The summed E-state index contributed by atoms with van der Waals surface area (Å²) in [5.74, 6) is 0.0680. The zero-order valence-electron chi connectivity index (χ0n) is 18.1. The minimum atomic E-state index is -0.763. The summed E-state index contributed by atoms with van der Waals surface area (Å²) in [5.41, 5.74) is -0.540. The van der Waals surface area contributed by atoms with Crippen molar-refractivity contribution in [3.05, 3.63) is 62.2 Å². The van der Waals surface area contributed by atoms with E-state index in [9.17, 15) is 25.0 Å². The van der Waals surface area contributed by atoms with Crippen molar-refractivity contribution in [2.24, 2.45) is 0 Å².